The van der Waals surface area contributed by atoms with E-state index >= 15 is 0 Å². The van der Waals surface area contributed by atoms with Crippen molar-refractivity contribution in [2.45, 2.75) is 24.7 Å². The molecule has 3 atom stereocenters. The predicted octanol–water partition coefficient (Wildman–Crippen LogP) is -3.36. The lowest BCUT2D eigenvalue weighted by molar-refractivity contribution is -0.628. The molecule has 0 aromatic heterocycles. The summed E-state index contributed by atoms with van der Waals surface area (Å²) in [6.07, 6.45) is -3.08. The van der Waals surface area contributed by atoms with Crippen molar-refractivity contribution in [3.8, 4) is 0 Å². The van der Waals surface area contributed by atoms with E-state index in [4.69, 9.17) is 15.3 Å². The van der Waals surface area contributed by atoms with E-state index in [0.29, 0.717) is 13.0 Å². The van der Waals surface area contributed by atoms with Gasteiger partial charge in [-0.2, -0.15) is 0 Å². The van der Waals surface area contributed by atoms with Gasteiger partial charge in [0.1, 0.15) is 12.2 Å². The fourth-order valence-electron chi connectivity index (χ4n) is 0.873. The van der Waals surface area contributed by atoms with E-state index in [1.807, 2.05) is 12.4 Å². The van der Waals surface area contributed by atoms with Gasteiger partial charge >= 0.3 is 0 Å². The third-order valence-corrected chi connectivity index (χ3v) is 1.73. The van der Waals surface area contributed by atoms with Crippen LogP contribution in [0.3, 0.4) is 0 Å². The lowest BCUT2D eigenvalue weighted by Gasteiger charge is -2.20. The molecule has 74 valence electrons. The molecule has 0 heterocycles. The molecule has 0 aromatic rings. The van der Waals surface area contributed by atoms with Gasteiger partial charge in [-0.1, -0.05) is 0 Å². The molecule has 0 aliphatic carbocycles. The van der Waals surface area contributed by atoms with E-state index in [9.17, 15) is 5.11 Å². The first-order chi connectivity index (χ1) is 5.63. The molecular formula is C7H18NO4+. The predicted molar refractivity (Wildman–Crippen MR) is 42.4 cm³/mol. The van der Waals surface area contributed by atoms with Crippen LogP contribution in [0.4, 0.5) is 0 Å². The zero-order valence-corrected chi connectivity index (χ0v) is 7.22. The quantitative estimate of drug-likeness (QED) is 0.295. The summed E-state index contributed by atoms with van der Waals surface area (Å²) in [7, 11) is 1.85. The standard InChI is InChI=1S/C7H17NO4/c1-8-3-2-5(10)7(12)6(11)4-9/h5-12H,2-4H2,1H3/p+1. The lowest BCUT2D eigenvalue weighted by Crippen LogP contribution is -2.80. The van der Waals surface area contributed by atoms with Crippen LogP contribution in [-0.4, -0.2) is 58.9 Å². The molecule has 0 aliphatic rings. The summed E-state index contributed by atoms with van der Waals surface area (Å²) in [5.74, 6) is 0. The highest BCUT2D eigenvalue weighted by atomic mass is 16.4. The highest BCUT2D eigenvalue weighted by Crippen LogP contribution is 2.02. The minimum absolute atomic E-state index is 0.398. The number of hydrogen-bond acceptors (Lipinski definition) is 4. The van der Waals surface area contributed by atoms with Crippen molar-refractivity contribution in [1.82, 2.24) is 0 Å². The molecule has 0 aliphatic heterocycles. The molecule has 0 amide bonds. The highest BCUT2D eigenvalue weighted by molar-refractivity contribution is 4.73. The van der Waals surface area contributed by atoms with Crippen molar-refractivity contribution >= 4 is 0 Å². The Morgan fingerprint density at radius 2 is 1.75 bits per heavy atom. The smallest absolute Gasteiger partial charge is 0.108 e. The average molecular weight is 180 g/mol. The van der Waals surface area contributed by atoms with Crippen LogP contribution < -0.4 is 5.32 Å². The number of hydrogen-bond donors (Lipinski definition) is 5. The van der Waals surface area contributed by atoms with Crippen LogP contribution in [0.5, 0.6) is 0 Å². The second-order valence-corrected chi connectivity index (χ2v) is 2.79. The largest absolute Gasteiger partial charge is 0.394 e. The van der Waals surface area contributed by atoms with Crippen molar-refractivity contribution in [3.05, 3.63) is 0 Å². The van der Waals surface area contributed by atoms with Crippen LogP contribution in [0.2, 0.25) is 0 Å². The zero-order valence-electron chi connectivity index (χ0n) is 7.22. The maximum Gasteiger partial charge on any atom is 0.108 e. The van der Waals surface area contributed by atoms with Gasteiger partial charge in [-0.15, -0.1) is 0 Å². The minimum Gasteiger partial charge on any atom is -0.394 e. The number of rotatable bonds is 6. The second-order valence-electron chi connectivity index (χ2n) is 2.79. The van der Waals surface area contributed by atoms with Gasteiger partial charge in [0.25, 0.3) is 0 Å². The van der Waals surface area contributed by atoms with Crippen molar-refractivity contribution in [2.75, 3.05) is 20.2 Å². The van der Waals surface area contributed by atoms with Crippen LogP contribution in [0, 0.1) is 0 Å². The first-order valence-electron chi connectivity index (χ1n) is 4.06. The van der Waals surface area contributed by atoms with Crippen LogP contribution in [-0.2, 0) is 0 Å². The Balaban J connectivity index is 3.67. The van der Waals surface area contributed by atoms with Crippen LogP contribution in [0.1, 0.15) is 6.42 Å². The highest BCUT2D eigenvalue weighted by Gasteiger charge is 2.23. The third-order valence-electron chi connectivity index (χ3n) is 1.73. The van der Waals surface area contributed by atoms with Gasteiger partial charge in [0.15, 0.2) is 0 Å². The van der Waals surface area contributed by atoms with E-state index in [0.717, 1.165) is 0 Å². The number of aliphatic hydroxyl groups is 4. The van der Waals surface area contributed by atoms with E-state index < -0.39 is 24.9 Å². The molecule has 5 heteroatoms. The molecule has 0 saturated carbocycles. The third kappa shape index (κ3) is 3.99. The fraction of sp³-hybridized carbons (Fsp3) is 1.00. The number of nitrogens with two attached hydrogens (primary N) is 1. The van der Waals surface area contributed by atoms with Crippen molar-refractivity contribution in [3.63, 3.8) is 0 Å². The van der Waals surface area contributed by atoms with Gasteiger partial charge in [0.05, 0.1) is 26.3 Å². The summed E-state index contributed by atoms with van der Waals surface area (Å²) >= 11 is 0. The Morgan fingerprint density at radius 1 is 1.17 bits per heavy atom. The first-order valence-corrected chi connectivity index (χ1v) is 4.06. The molecule has 0 aromatic carbocycles. The van der Waals surface area contributed by atoms with Crippen LogP contribution in [0.25, 0.3) is 0 Å². The van der Waals surface area contributed by atoms with Crippen molar-refractivity contribution in [2.24, 2.45) is 0 Å². The van der Waals surface area contributed by atoms with Gasteiger partial charge in [-0.25, -0.2) is 0 Å². The molecule has 0 fully saturated rings. The molecule has 0 bridgehead atoms. The maximum absolute atomic E-state index is 9.21. The van der Waals surface area contributed by atoms with Gasteiger partial charge in [-0.05, 0) is 0 Å². The molecular weight excluding hydrogens is 162 g/mol. The molecule has 12 heavy (non-hydrogen) atoms. The summed E-state index contributed by atoms with van der Waals surface area (Å²) in [6, 6.07) is 0. The molecule has 6 N–H and O–H groups in total. The molecule has 0 saturated heterocycles. The normalized spacial score (nSPS) is 18.8. The van der Waals surface area contributed by atoms with Gasteiger partial charge in [0, 0.05) is 6.42 Å². The van der Waals surface area contributed by atoms with Crippen LogP contribution in [0.15, 0.2) is 0 Å². The van der Waals surface area contributed by atoms with E-state index in [1.165, 1.54) is 0 Å². The summed E-state index contributed by atoms with van der Waals surface area (Å²) in [5, 5.41) is 37.6. The van der Waals surface area contributed by atoms with Gasteiger partial charge in [0.2, 0.25) is 0 Å². The summed E-state index contributed by atoms with van der Waals surface area (Å²) in [4.78, 5) is 0. The fourth-order valence-corrected chi connectivity index (χ4v) is 0.873. The SMILES string of the molecule is C[NH2+]CCC(O)C(O)C(O)CO. The van der Waals surface area contributed by atoms with Crippen molar-refractivity contribution < 1.29 is 25.7 Å². The van der Waals surface area contributed by atoms with Crippen molar-refractivity contribution in [1.29, 1.82) is 0 Å². The summed E-state index contributed by atoms with van der Waals surface area (Å²) in [6.45, 7) is 0.143. The Kier molecular flexibility index (Phi) is 6.23. The summed E-state index contributed by atoms with van der Waals surface area (Å²) < 4.78 is 0. The summed E-state index contributed by atoms with van der Waals surface area (Å²) in [5.41, 5.74) is 0. The Labute approximate surface area is 71.7 Å². The number of quaternary nitrogens is 1. The first kappa shape index (κ1) is 11.8. The van der Waals surface area contributed by atoms with E-state index in [1.54, 1.807) is 0 Å². The molecule has 3 unspecified atom stereocenters. The minimum atomic E-state index is -1.25. The molecule has 0 radical (unpaired) electrons. The van der Waals surface area contributed by atoms with Crippen LogP contribution >= 0.6 is 0 Å². The van der Waals surface area contributed by atoms with Gasteiger partial charge < -0.3 is 25.7 Å². The second kappa shape index (κ2) is 6.33. The lowest BCUT2D eigenvalue weighted by atomic mass is 10.1. The average Bonchev–Trinajstić information content (AvgIpc) is 2.11. The number of aliphatic hydroxyl groups excluding tert-OH is 4. The van der Waals surface area contributed by atoms with E-state index in [2.05, 4.69) is 0 Å². The van der Waals surface area contributed by atoms with Gasteiger partial charge in [-0.3, -0.25) is 0 Å². The molecule has 0 rings (SSSR count). The maximum atomic E-state index is 9.21. The zero-order chi connectivity index (χ0) is 9.56. The molecule has 5 nitrogen and oxygen atoms in total. The Morgan fingerprint density at radius 3 is 2.17 bits per heavy atom. The van der Waals surface area contributed by atoms with E-state index in [-0.39, 0.29) is 0 Å². The molecule has 0 spiro atoms. The Bertz CT molecular complexity index is 112. The Hall–Kier alpha value is -0.200. The topological polar surface area (TPSA) is 97.5 Å². The monoisotopic (exact) mass is 180 g/mol.